The van der Waals surface area contributed by atoms with E-state index in [1.54, 1.807) is 0 Å². The summed E-state index contributed by atoms with van der Waals surface area (Å²) >= 11 is 6.16. The summed E-state index contributed by atoms with van der Waals surface area (Å²) < 4.78 is 0. The van der Waals surface area contributed by atoms with E-state index >= 15 is 0 Å². The standard InChI is InChI=1S/C17H20ClN/c1-3-6-14-9-11-15(12-10-14)13(2)19-17-8-5-4-7-16(17)18/h4-5,7-13,19H,3,6H2,1-2H3. The van der Waals surface area contributed by atoms with Crippen LogP contribution in [0.2, 0.25) is 5.02 Å². The molecule has 0 radical (unpaired) electrons. The van der Waals surface area contributed by atoms with E-state index in [0.29, 0.717) is 0 Å². The molecule has 0 aliphatic carbocycles. The predicted octanol–water partition coefficient (Wildman–Crippen LogP) is 5.47. The molecule has 0 fully saturated rings. The van der Waals surface area contributed by atoms with Gasteiger partial charge < -0.3 is 5.32 Å². The molecule has 100 valence electrons. The fourth-order valence-electron chi connectivity index (χ4n) is 2.16. The van der Waals surface area contributed by atoms with Crippen LogP contribution in [-0.2, 0) is 6.42 Å². The lowest BCUT2D eigenvalue weighted by atomic mass is 10.0. The van der Waals surface area contributed by atoms with Crippen molar-refractivity contribution in [3.8, 4) is 0 Å². The average Bonchev–Trinajstić information content (AvgIpc) is 2.42. The molecule has 1 N–H and O–H groups in total. The molecule has 0 saturated carbocycles. The van der Waals surface area contributed by atoms with Gasteiger partial charge in [-0.2, -0.15) is 0 Å². The smallest absolute Gasteiger partial charge is 0.0637 e. The van der Waals surface area contributed by atoms with E-state index in [1.165, 1.54) is 17.5 Å². The minimum absolute atomic E-state index is 0.246. The highest BCUT2D eigenvalue weighted by Gasteiger charge is 2.07. The minimum atomic E-state index is 0.246. The van der Waals surface area contributed by atoms with Gasteiger partial charge in [0, 0.05) is 6.04 Å². The fraction of sp³-hybridized carbons (Fsp3) is 0.294. The number of anilines is 1. The number of nitrogens with one attached hydrogen (secondary N) is 1. The van der Waals surface area contributed by atoms with E-state index in [9.17, 15) is 0 Å². The number of aryl methyl sites for hydroxylation is 1. The van der Waals surface area contributed by atoms with Crippen LogP contribution in [0.4, 0.5) is 5.69 Å². The normalized spacial score (nSPS) is 12.2. The van der Waals surface area contributed by atoms with Crippen LogP contribution >= 0.6 is 11.6 Å². The predicted molar refractivity (Wildman–Crippen MR) is 83.9 cm³/mol. The van der Waals surface area contributed by atoms with Crippen LogP contribution in [0.25, 0.3) is 0 Å². The first-order valence-corrected chi connectivity index (χ1v) is 7.18. The van der Waals surface area contributed by atoms with Gasteiger partial charge in [-0.1, -0.05) is 61.3 Å². The Labute approximate surface area is 120 Å². The summed E-state index contributed by atoms with van der Waals surface area (Å²) in [4.78, 5) is 0. The SMILES string of the molecule is CCCc1ccc(C(C)Nc2ccccc2Cl)cc1. The first-order valence-electron chi connectivity index (χ1n) is 6.80. The first kappa shape index (κ1) is 14.0. The summed E-state index contributed by atoms with van der Waals surface area (Å²) in [6.45, 7) is 4.35. The second kappa shape index (κ2) is 6.63. The number of halogens is 1. The topological polar surface area (TPSA) is 12.0 Å². The lowest BCUT2D eigenvalue weighted by Gasteiger charge is -2.17. The summed E-state index contributed by atoms with van der Waals surface area (Å²) in [5.74, 6) is 0. The van der Waals surface area contributed by atoms with Crippen LogP contribution < -0.4 is 5.32 Å². The molecule has 1 unspecified atom stereocenters. The molecule has 0 heterocycles. The number of benzene rings is 2. The van der Waals surface area contributed by atoms with Crippen LogP contribution in [0.3, 0.4) is 0 Å². The fourth-order valence-corrected chi connectivity index (χ4v) is 2.35. The van der Waals surface area contributed by atoms with Crippen LogP contribution in [0, 0.1) is 0 Å². The van der Waals surface area contributed by atoms with Crippen LogP contribution in [-0.4, -0.2) is 0 Å². The Hall–Kier alpha value is -1.47. The molecule has 1 atom stereocenters. The summed E-state index contributed by atoms with van der Waals surface area (Å²) in [5, 5.41) is 4.21. The molecule has 0 aromatic heterocycles. The highest BCUT2D eigenvalue weighted by Crippen LogP contribution is 2.25. The molecule has 19 heavy (non-hydrogen) atoms. The minimum Gasteiger partial charge on any atom is -0.377 e. The van der Waals surface area contributed by atoms with E-state index < -0.39 is 0 Å². The van der Waals surface area contributed by atoms with Crippen molar-refractivity contribution in [2.75, 3.05) is 5.32 Å². The van der Waals surface area contributed by atoms with Crippen LogP contribution in [0.5, 0.6) is 0 Å². The van der Waals surface area contributed by atoms with Crippen molar-refractivity contribution in [3.63, 3.8) is 0 Å². The number of hydrogen-bond acceptors (Lipinski definition) is 1. The summed E-state index contributed by atoms with van der Waals surface area (Å²) in [5.41, 5.74) is 3.66. The number of para-hydroxylation sites is 1. The molecule has 0 aliphatic heterocycles. The second-order valence-corrected chi connectivity index (χ2v) is 5.24. The van der Waals surface area contributed by atoms with Crippen molar-refractivity contribution in [1.29, 1.82) is 0 Å². The highest BCUT2D eigenvalue weighted by atomic mass is 35.5. The van der Waals surface area contributed by atoms with Crippen LogP contribution in [0.15, 0.2) is 48.5 Å². The molecule has 2 rings (SSSR count). The third kappa shape index (κ3) is 3.74. The van der Waals surface area contributed by atoms with E-state index in [2.05, 4.69) is 43.4 Å². The monoisotopic (exact) mass is 273 g/mol. The largest absolute Gasteiger partial charge is 0.377 e. The lowest BCUT2D eigenvalue weighted by molar-refractivity contribution is 0.876. The molecule has 0 saturated heterocycles. The van der Waals surface area contributed by atoms with Crippen molar-refractivity contribution in [3.05, 3.63) is 64.7 Å². The zero-order valence-electron chi connectivity index (χ0n) is 11.5. The van der Waals surface area contributed by atoms with Crippen molar-refractivity contribution in [2.45, 2.75) is 32.7 Å². The zero-order chi connectivity index (χ0) is 13.7. The number of hydrogen-bond donors (Lipinski definition) is 1. The van der Waals surface area contributed by atoms with Gasteiger partial charge in [0.25, 0.3) is 0 Å². The molecule has 2 aromatic rings. The Morgan fingerprint density at radius 1 is 1.05 bits per heavy atom. The zero-order valence-corrected chi connectivity index (χ0v) is 12.2. The van der Waals surface area contributed by atoms with Gasteiger partial charge in [0.1, 0.15) is 0 Å². The Morgan fingerprint density at radius 3 is 2.37 bits per heavy atom. The quantitative estimate of drug-likeness (QED) is 0.762. The Balaban J connectivity index is 2.07. The molecule has 0 spiro atoms. The first-order chi connectivity index (χ1) is 9.20. The van der Waals surface area contributed by atoms with Gasteiger partial charge in [-0.3, -0.25) is 0 Å². The van der Waals surface area contributed by atoms with Gasteiger partial charge in [-0.15, -0.1) is 0 Å². The highest BCUT2D eigenvalue weighted by molar-refractivity contribution is 6.33. The van der Waals surface area contributed by atoms with Gasteiger partial charge in [0.15, 0.2) is 0 Å². The lowest BCUT2D eigenvalue weighted by Crippen LogP contribution is -2.06. The van der Waals surface area contributed by atoms with Crippen molar-refractivity contribution in [1.82, 2.24) is 0 Å². The van der Waals surface area contributed by atoms with Crippen LogP contribution in [0.1, 0.15) is 37.4 Å². The molecule has 1 nitrogen and oxygen atoms in total. The third-order valence-corrected chi connectivity index (χ3v) is 3.59. The molecule has 0 bridgehead atoms. The van der Waals surface area contributed by atoms with E-state index in [1.807, 2.05) is 24.3 Å². The summed E-state index contributed by atoms with van der Waals surface area (Å²) in [7, 11) is 0. The van der Waals surface area contributed by atoms with Gasteiger partial charge in [-0.05, 0) is 36.6 Å². The van der Waals surface area contributed by atoms with E-state index in [4.69, 9.17) is 11.6 Å². The van der Waals surface area contributed by atoms with Crippen molar-refractivity contribution in [2.24, 2.45) is 0 Å². The maximum atomic E-state index is 6.16. The molecular weight excluding hydrogens is 254 g/mol. The Morgan fingerprint density at radius 2 is 1.74 bits per heavy atom. The molecule has 2 aromatic carbocycles. The van der Waals surface area contributed by atoms with E-state index in [0.717, 1.165) is 17.1 Å². The van der Waals surface area contributed by atoms with Gasteiger partial charge in [0.05, 0.1) is 10.7 Å². The average molecular weight is 274 g/mol. The van der Waals surface area contributed by atoms with Gasteiger partial charge in [0.2, 0.25) is 0 Å². The van der Waals surface area contributed by atoms with Crippen molar-refractivity contribution >= 4 is 17.3 Å². The molecular formula is C17H20ClN. The maximum absolute atomic E-state index is 6.16. The summed E-state index contributed by atoms with van der Waals surface area (Å²) in [6.07, 6.45) is 2.33. The molecule has 2 heteroatoms. The van der Waals surface area contributed by atoms with Crippen molar-refractivity contribution < 1.29 is 0 Å². The van der Waals surface area contributed by atoms with Gasteiger partial charge in [-0.25, -0.2) is 0 Å². The molecule has 0 aliphatic rings. The van der Waals surface area contributed by atoms with Gasteiger partial charge >= 0.3 is 0 Å². The maximum Gasteiger partial charge on any atom is 0.0637 e. The summed E-state index contributed by atoms with van der Waals surface area (Å²) in [6, 6.07) is 16.9. The van der Waals surface area contributed by atoms with E-state index in [-0.39, 0.29) is 6.04 Å². The Bertz CT molecular complexity index is 519. The number of rotatable bonds is 5. The second-order valence-electron chi connectivity index (χ2n) is 4.84. The third-order valence-electron chi connectivity index (χ3n) is 3.26. The Kier molecular flexibility index (Phi) is 4.86. The molecule has 0 amide bonds.